The summed E-state index contributed by atoms with van der Waals surface area (Å²) in [6.07, 6.45) is 2.89. The van der Waals surface area contributed by atoms with E-state index in [0.717, 1.165) is 20.8 Å². The summed E-state index contributed by atoms with van der Waals surface area (Å²) in [7, 11) is 0. The molecule has 0 bridgehead atoms. The van der Waals surface area contributed by atoms with Gasteiger partial charge in [0.15, 0.2) is 11.0 Å². The molecule has 0 aliphatic heterocycles. The quantitative estimate of drug-likeness (QED) is 0.461. The number of carbonyl (C=O) groups excluding carboxylic acids is 1. The molecule has 4 aromatic heterocycles. The number of imidazole rings is 1. The van der Waals surface area contributed by atoms with Crippen molar-refractivity contribution in [2.45, 2.75) is 26.3 Å². The maximum atomic E-state index is 13.1. The molecule has 4 rings (SSSR count). The Morgan fingerprint density at radius 3 is 3.00 bits per heavy atom. The molecule has 4 heterocycles. The van der Waals surface area contributed by atoms with E-state index in [0.29, 0.717) is 27.4 Å². The zero-order valence-electron chi connectivity index (χ0n) is 15.0. The molecule has 0 saturated heterocycles. The van der Waals surface area contributed by atoms with E-state index in [2.05, 4.69) is 25.4 Å². The molecule has 4 aromatic rings. The van der Waals surface area contributed by atoms with Crippen molar-refractivity contribution in [3.63, 3.8) is 0 Å². The SMILES string of the molecule is Cc1nc(NC(=O)CCc2nc(-c3cccs3)no2)sc1-c1nccn1C(F)F. The molecule has 12 heteroatoms. The molecule has 1 N–H and O–H groups in total. The van der Waals surface area contributed by atoms with Crippen LogP contribution in [0.1, 0.15) is 24.6 Å². The largest absolute Gasteiger partial charge is 0.339 e. The van der Waals surface area contributed by atoms with Gasteiger partial charge in [-0.15, -0.1) is 11.3 Å². The Hall–Kier alpha value is -2.99. The van der Waals surface area contributed by atoms with Crippen LogP contribution in [0.3, 0.4) is 0 Å². The van der Waals surface area contributed by atoms with Crippen molar-refractivity contribution in [3.8, 4) is 21.4 Å². The minimum absolute atomic E-state index is 0.113. The molecule has 0 saturated carbocycles. The van der Waals surface area contributed by atoms with Gasteiger partial charge >= 0.3 is 6.55 Å². The Bertz CT molecular complexity index is 1120. The van der Waals surface area contributed by atoms with Gasteiger partial charge in [-0.1, -0.05) is 22.6 Å². The number of hydrogen-bond donors (Lipinski definition) is 1. The lowest BCUT2D eigenvalue weighted by molar-refractivity contribution is -0.116. The molecule has 0 unspecified atom stereocenters. The van der Waals surface area contributed by atoms with Crippen LogP contribution in [0.2, 0.25) is 0 Å². The zero-order chi connectivity index (χ0) is 20.4. The van der Waals surface area contributed by atoms with Gasteiger partial charge < -0.3 is 9.84 Å². The van der Waals surface area contributed by atoms with Crippen molar-refractivity contribution >= 4 is 33.7 Å². The number of hydrogen-bond acceptors (Lipinski definition) is 8. The van der Waals surface area contributed by atoms with Gasteiger partial charge in [-0.2, -0.15) is 13.8 Å². The van der Waals surface area contributed by atoms with E-state index in [4.69, 9.17) is 4.52 Å². The van der Waals surface area contributed by atoms with E-state index >= 15 is 0 Å². The summed E-state index contributed by atoms with van der Waals surface area (Å²) in [5.74, 6) is 0.671. The van der Waals surface area contributed by atoms with Crippen LogP contribution in [-0.4, -0.2) is 30.6 Å². The first-order valence-electron chi connectivity index (χ1n) is 8.46. The van der Waals surface area contributed by atoms with Crippen molar-refractivity contribution in [1.29, 1.82) is 0 Å². The number of aryl methyl sites for hydroxylation is 2. The molecular formula is C17H14F2N6O2S2. The van der Waals surface area contributed by atoms with E-state index in [9.17, 15) is 13.6 Å². The van der Waals surface area contributed by atoms with E-state index in [1.807, 2.05) is 17.5 Å². The lowest BCUT2D eigenvalue weighted by Crippen LogP contribution is -2.12. The smallest absolute Gasteiger partial charge is 0.320 e. The molecule has 8 nitrogen and oxygen atoms in total. The summed E-state index contributed by atoms with van der Waals surface area (Å²) < 4.78 is 32.1. The van der Waals surface area contributed by atoms with Crippen molar-refractivity contribution in [1.82, 2.24) is 24.7 Å². The number of alkyl halides is 2. The molecule has 150 valence electrons. The number of halogens is 2. The topological polar surface area (TPSA) is 98.7 Å². The number of carbonyl (C=O) groups is 1. The van der Waals surface area contributed by atoms with Crippen molar-refractivity contribution < 1.29 is 18.1 Å². The molecule has 0 fully saturated rings. The number of anilines is 1. The number of thiophene rings is 1. The van der Waals surface area contributed by atoms with Crippen molar-refractivity contribution in [2.75, 3.05) is 5.32 Å². The molecule has 29 heavy (non-hydrogen) atoms. The number of nitrogens with zero attached hydrogens (tertiary/aromatic N) is 5. The van der Waals surface area contributed by atoms with Crippen molar-refractivity contribution in [3.05, 3.63) is 41.5 Å². The second-order valence-electron chi connectivity index (χ2n) is 5.91. The van der Waals surface area contributed by atoms with E-state index in [1.165, 1.54) is 23.7 Å². The van der Waals surface area contributed by atoms with Crippen LogP contribution in [0.15, 0.2) is 34.4 Å². The third kappa shape index (κ3) is 4.22. The van der Waals surface area contributed by atoms with E-state index < -0.39 is 6.55 Å². The summed E-state index contributed by atoms with van der Waals surface area (Å²) in [6.45, 7) is -1.03. The van der Waals surface area contributed by atoms with Gasteiger partial charge in [0.1, 0.15) is 0 Å². The Kier molecular flexibility index (Phi) is 5.45. The van der Waals surface area contributed by atoms with Crippen LogP contribution < -0.4 is 5.32 Å². The predicted octanol–water partition coefficient (Wildman–Crippen LogP) is 4.39. The van der Waals surface area contributed by atoms with Crippen LogP contribution in [0, 0.1) is 6.92 Å². The van der Waals surface area contributed by atoms with Gasteiger partial charge in [0.25, 0.3) is 0 Å². The Balaban J connectivity index is 1.38. The average molecular weight is 436 g/mol. The molecule has 0 radical (unpaired) electrons. The molecule has 1 amide bonds. The third-order valence-corrected chi connectivity index (χ3v) is 5.84. The maximum absolute atomic E-state index is 13.1. The maximum Gasteiger partial charge on any atom is 0.320 e. The van der Waals surface area contributed by atoms with Gasteiger partial charge in [-0.25, -0.2) is 9.97 Å². The van der Waals surface area contributed by atoms with Crippen LogP contribution in [0.4, 0.5) is 13.9 Å². The van der Waals surface area contributed by atoms with E-state index in [1.54, 1.807) is 6.92 Å². The fourth-order valence-electron chi connectivity index (χ4n) is 2.57. The first-order valence-corrected chi connectivity index (χ1v) is 10.2. The molecule has 0 spiro atoms. The Morgan fingerprint density at radius 1 is 1.38 bits per heavy atom. The minimum atomic E-state index is -2.71. The monoisotopic (exact) mass is 436 g/mol. The number of aromatic nitrogens is 5. The van der Waals surface area contributed by atoms with Crippen LogP contribution in [0.5, 0.6) is 0 Å². The molecule has 0 aromatic carbocycles. The van der Waals surface area contributed by atoms with Gasteiger partial charge in [0, 0.05) is 25.2 Å². The predicted molar refractivity (Wildman–Crippen MR) is 104 cm³/mol. The first-order chi connectivity index (χ1) is 14.0. The third-order valence-electron chi connectivity index (χ3n) is 3.90. The lowest BCUT2D eigenvalue weighted by Gasteiger charge is -2.04. The van der Waals surface area contributed by atoms with Crippen molar-refractivity contribution in [2.24, 2.45) is 0 Å². The minimum Gasteiger partial charge on any atom is -0.339 e. The van der Waals surface area contributed by atoms with Crippen LogP contribution in [-0.2, 0) is 11.2 Å². The van der Waals surface area contributed by atoms with Gasteiger partial charge in [0.05, 0.1) is 15.4 Å². The number of rotatable bonds is 7. The fraction of sp³-hybridized carbons (Fsp3) is 0.235. The number of thiazole rings is 1. The standard InChI is InChI=1S/C17H14F2N6O2S2/c1-9-13(15-20-6-7-25(15)16(18)19)29-17(21-9)22-11(26)4-5-12-23-14(24-27-12)10-3-2-8-28-10/h2-3,6-8,16H,4-5H2,1H3,(H,21,22,26). The number of nitrogens with one attached hydrogen (secondary N) is 1. The summed E-state index contributed by atoms with van der Waals surface area (Å²) in [5.41, 5.74) is 0.510. The summed E-state index contributed by atoms with van der Waals surface area (Å²) in [4.78, 5) is 26.1. The highest BCUT2D eigenvalue weighted by molar-refractivity contribution is 7.19. The second kappa shape index (κ2) is 8.17. The number of amides is 1. The lowest BCUT2D eigenvalue weighted by atomic mass is 10.3. The molecule has 0 atom stereocenters. The molecule has 0 aliphatic carbocycles. The highest BCUT2D eigenvalue weighted by Gasteiger charge is 2.19. The zero-order valence-corrected chi connectivity index (χ0v) is 16.6. The highest BCUT2D eigenvalue weighted by Crippen LogP contribution is 2.33. The summed E-state index contributed by atoms with van der Waals surface area (Å²) in [6, 6.07) is 3.77. The van der Waals surface area contributed by atoms with Gasteiger partial charge in [-0.3, -0.25) is 9.36 Å². The van der Waals surface area contributed by atoms with Crippen LogP contribution in [0.25, 0.3) is 21.4 Å². The average Bonchev–Trinajstić information content (AvgIpc) is 3.46. The van der Waals surface area contributed by atoms with E-state index in [-0.39, 0.29) is 24.6 Å². The normalized spacial score (nSPS) is 11.3. The molecule has 0 aliphatic rings. The second-order valence-corrected chi connectivity index (χ2v) is 7.85. The Labute approximate surface area is 171 Å². The van der Waals surface area contributed by atoms with Gasteiger partial charge in [-0.05, 0) is 18.4 Å². The highest BCUT2D eigenvalue weighted by atomic mass is 32.1. The van der Waals surface area contributed by atoms with Gasteiger partial charge in [0.2, 0.25) is 17.6 Å². The summed E-state index contributed by atoms with van der Waals surface area (Å²) >= 11 is 2.59. The molecular weight excluding hydrogens is 422 g/mol. The summed E-state index contributed by atoms with van der Waals surface area (Å²) in [5, 5.41) is 8.80. The van der Waals surface area contributed by atoms with Crippen LogP contribution >= 0.6 is 22.7 Å². The first kappa shape index (κ1) is 19.3. The Morgan fingerprint density at radius 2 is 2.24 bits per heavy atom. The fourth-order valence-corrected chi connectivity index (χ4v) is 4.20.